The molecule has 0 amide bonds. The van der Waals surface area contributed by atoms with Gasteiger partial charge in [-0.2, -0.15) is 0 Å². The summed E-state index contributed by atoms with van der Waals surface area (Å²) in [5, 5.41) is 0. The molecule has 4 aromatic rings. The average molecular weight is 422 g/mol. The molecule has 0 aliphatic carbocycles. The summed E-state index contributed by atoms with van der Waals surface area (Å²) >= 11 is 0. The van der Waals surface area contributed by atoms with Crippen molar-refractivity contribution in [1.82, 2.24) is 0 Å². The number of aliphatic imine (C=N–C) groups is 1. The van der Waals surface area contributed by atoms with E-state index >= 15 is 0 Å². The standard InChI is InChI=1S/C29H27NO2/c1-2-12-25-21-26(20-19-22-13-6-3-7-14-22)32-29(31)28(25)30-27(23-15-8-4-9-16-23)24-17-10-5-11-18-24/h3-11,13-18,21H,2,12,19-20H2,1H3. The van der Waals surface area contributed by atoms with Gasteiger partial charge < -0.3 is 4.42 Å². The minimum Gasteiger partial charge on any atom is -0.426 e. The molecule has 0 saturated heterocycles. The van der Waals surface area contributed by atoms with Crippen molar-refractivity contribution < 1.29 is 4.42 Å². The van der Waals surface area contributed by atoms with Gasteiger partial charge >= 0.3 is 5.63 Å². The molecule has 3 heteroatoms. The van der Waals surface area contributed by atoms with E-state index < -0.39 is 0 Å². The van der Waals surface area contributed by atoms with Gasteiger partial charge in [-0.25, -0.2) is 9.79 Å². The number of aryl methyl sites for hydroxylation is 3. The van der Waals surface area contributed by atoms with Crippen LogP contribution in [-0.2, 0) is 19.3 Å². The van der Waals surface area contributed by atoms with Crippen molar-refractivity contribution in [2.45, 2.75) is 32.6 Å². The van der Waals surface area contributed by atoms with Crippen LogP contribution >= 0.6 is 0 Å². The third kappa shape index (κ3) is 5.30. The van der Waals surface area contributed by atoms with Crippen molar-refractivity contribution in [2.24, 2.45) is 4.99 Å². The zero-order chi connectivity index (χ0) is 22.2. The Morgan fingerprint density at radius 1 is 0.750 bits per heavy atom. The highest BCUT2D eigenvalue weighted by Gasteiger charge is 2.14. The lowest BCUT2D eigenvalue weighted by Gasteiger charge is -2.11. The predicted octanol–water partition coefficient (Wildman–Crippen LogP) is 6.55. The van der Waals surface area contributed by atoms with Crippen molar-refractivity contribution in [3.63, 3.8) is 0 Å². The Kier molecular flexibility index (Phi) is 7.08. The van der Waals surface area contributed by atoms with E-state index in [4.69, 9.17) is 9.41 Å². The molecule has 0 radical (unpaired) electrons. The largest absolute Gasteiger partial charge is 0.426 e. The monoisotopic (exact) mass is 421 g/mol. The fraction of sp³-hybridized carbons (Fsp3) is 0.172. The molecule has 3 nitrogen and oxygen atoms in total. The summed E-state index contributed by atoms with van der Waals surface area (Å²) in [6.45, 7) is 2.11. The molecule has 0 bridgehead atoms. The molecule has 32 heavy (non-hydrogen) atoms. The zero-order valence-electron chi connectivity index (χ0n) is 18.3. The molecule has 0 saturated carbocycles. The minimum absolute atomic E-state index is 0.372. The van der Waals surface area contributed by atoms with E-state index in [0.717, 1.165) is 41.7 Å². The van der Waals surface area contributed by atoms with Gasteiger partial charge in [0.1, 0.15) is 5.76 Å². The van der Waals surface area contributed by atoms with Gasteiger partial charge in [-0.1, -0.05) is 104 Å². The molecule has 1 aromatic heterocycles. The second-order valence-corrected chi connectivity index (χ2v) is 7.80. The Morgan fingerprint density at radius 3 is 1.88 bits per heavy atom. The fourth-order valence-corrected chi connectivity index (χ4v) is 3.80. The van der Waals surface area contributed by atoms with Crippen LogP contribution in [0, 0.1) is 0 Å². The second kappa shape index (κ2) is 10.5. The summed E-state index contributed by atoms with van der Waals surface area (Å²) in [6, 6.07) is 32.2. The Balaban J connectivity index is 1.75. The third-order valence-corrected chi connectivity index (χ3v) is 5.40. The third-order valence-electron chi connectivity index (χ3n) is 5.40. The quantitative estimate of drug-likeness (QED) is 0.303. The number of benzene rings is 3. The first-order valence-corrected chi connectivity index (χ1v) is 11.1. The molecule has 0 aliphatic rings. The number of rotatable bonds is 8. The van der Waals surface area contributed by atoms with Gasteiger partial charge in [0, 0.05) is 17.5 Å². The van der Waals surface area contributed by atoms with Crippen molar-refractivity contribution in [3.8, 4) is 0 Å². The van der Waals surface area contributed by atoms with Crippen LogP contribution in [0.3, 0.4) is 0 Å². The van der Waals surface area contributed by atoms with Crippen molar-refractivity contribution in [2.75, 3.05) is 0 Å². The topological polar surface area (TPSA) is 42.6 Å². The summed E-state index contributed by atoms with van der Waals surface area (Å²) in [5.41, 5.74) is 4.90. The van der Waals surface area contributed by atoms with Crippen molar-refractivity contribution >= 4 is 11.4 Å². The maximum atomic E-state index is 13.1. The molecule has 0 spiro atoms. The molecule has 1 heterocycles. The lowest BCUT2D eigenvalue weighted by molar-refractivity contribution is 0.458. The minimum atomic E-state index is -0.372. The zero-order valence-corrected chi connectivity index (χ0v) is 18.3. The number of hydrogen-bond donors (Lipinski definition) is 0. The van der Waals surface area contributed by atoms with Crippen LogP contribution in [0.15, 0.2) is 111 Å². The summed E-state index contributed by atoms with van der Waals surface area (Å²) in [4.78, 5) is 18.0. The van der Waals surface area contributed by atoms with E-state index in [-0.39, 0.29) is 5.63 Å². The second-order valence-electron chi connectivity index (χ2n) is 7.80. The first-order valence-electron chi connectivity index (χ1n) is 11.1. The van der Waals surface area contributed by atoms with Crippen LogP contribution in [0.2, 0.25) is 0 Å². The lowest BCUT2D eigenvalue weighted by atomic mass is 10.0. The summed E-state index contributed by atoms with van der Waals surface area (Å²) in [6.07, 6.45) is 3.22. The summed E-state index contributed by atoms with van der Waals surface area (Å²) in [7, 11) is 0. The molecule has 0 aliphatic heterocycles. The van der Waals surface area contributed by atoms with E-state index in [9.17, 15) is 4.79 Å². The van der Waals surface area contributed by atoms with Crippen LogP contribution in [0.25, 0.3) is 0 Å². The summed E-state index contributed by atoms with van der Waals surface area (Å²) in [5.74, 6) is 0.710. The molecule has 0 atom stereocenters. The summed E-state index contributed by atoms with van der Waals surface area (Å²) < 4.78 is 5.73. The molecule has 0 N–H and O–H groups in total. The SMILES string of the molecule is CCCc1cc(CCc2ccccc2)oc(=O)c1N=C(c1ccccc1)c1ccccc1. The van der Waals surface area contributed by atoms with Gasteiger partial charge in [0.15, 0.2) is 5.69 Å². The molecule has 160 valence electrons. The van der Waals surface area contributed by atoms with Crippen LogP contribution < -0.4 is 5.63 Å². The van der Waals surface area contributed by atoms with Crippen molar-refractivity contribution in [1.29, 1.82) is 0 Å². The van der Waals surface area contributed by atoms with Crippen molar-refractivity contribution in [3.05, 3.63) is 135 Å². The molecule has 0 unspecified atom stereocenters. The smallest absolute Gasteiger partial charge is 0.362 e. The van der Waals surface area contributed by atoms with Crippen LogP contribution in [0.5, 0.6) is 0 Å². The lowest BCUT2D eigenvalue weighted by Crippen LogP contribution is -2.09. The number of hydrogen-bond acceptors (Lipinski definition) is 3. The Morgan fingerprint density at radius 2 is 1.31 bits per heavy atom. The normalized spacial score (nSPS) is 10.7. The Hall–Kier alpha value is -3.72. The van der Waals surface area contributed by atoms with Crippen LogP contribution in [0.4, 0.5) is 5.69 Å². The van der Waals surface area contributed by atoms with E-state index in [1.165, 1.54) is 5.56 Å². The Labute approximate surface area is 189 Å². The molecular formula is C29H27NO2. The fourth-order valence-electron chi connectivity index (χ4n) is 3.80. The first-order chi connectivity index (χ1) is 15.7. The van der Waals surface area contributed by atoms with E-state index in [1.807, 2.05) is 84.9 Å². The highest BCUT2D eigenvalue weighted by molar-refractivity contribution is 6.14. The van der Waals surface area contributed by atoms with Gasteiger partial charge in [0.25, 0.3) is 0 Å². The number of nitrogens with zero attached hydrogens (tertiary/aromatic N) is 1. The van der Waals surface area contributed by atoms with E-state index in [1.54, 1.807) is 0 Å². The maximum absolute atomic E-state index is 13.1. The van der Waals surface area contributed by atoms with Gasteiger partial charge in [0.05, 0.1) is 5.71 Å². The van der Waals surface area contributed by atoms with Gasteiger partial charge in [0.2, 0.25) is 0 Å². The molecular weight excluding hydrogens is 394 g/mol. The van der Waals surface area contributed by atoms with Gasteiger partial charge in [-0.05, 0) is 30.0 Å². The predicted molar refractivity (Wildman–Crippen MR) is 131 cm³/mol. The van der Waals surface area contributed by atoms with Gasteiger partial charge in [-0.15, -0.1) is 0 Å². The average Bonchev–Trinajstić information content (AvgIpc) is 2.84. The van der Waals surface area contributed by atoms with E-state index in [0.29, 0.717) is 17.9 Å². The first kappa shape index (κ1) is 21.5. The van der Waals surface area contributed by atoms with Crippen LogP contribution in [-0.4, -0.2) is 5.71 Å². The highest BCUT2D eigenvalue weighted by atomic mass is 16.4. The highest BCUT2D eigenvalue weighted by Crippen LogP contribution is 2.22. The van der Waals surface area contributed by atoms with Crippen LogP contribution in [0.1, 0.15) is 41.4 Å². The molecule has 3 aromatic carbocycles. The Bertz CT molecular complexity index is 1190. The molecule has 4 rings (SSSR count). The maximum Gasteiger partial charge on any atom is 0.362 e. The van der Waals surface area contributed by atoms with E-state index in [2.05, 4.69) is 19.1 Å². The molecule has 0 fully saturated rings. The van der Waals surface area contributed by atoms with Gasteiger partial charge in [-0.3, -0.25) is 0 Å².